The van der Waals surface area contributed by atoms with Crippen molar-refractivity contribution in [2.75, 3.05) is 0 Å². The van der Waals surface area contributed by atoms with Gasteiger partial charge in [-0.15, -0.1) is 0 Å². The molecule has 14 heavy (non-hydrogen) atoms. The molecule has 1 rings (SSSR count). The molecule has 1 aromatic carbocycles. The number of ether oxygens (including phenoxy) is 1. The van der Waals surface area contributed by atoms with Gasteiger partial charge < -0.3 is 9.84 Å². The van der Waals surface area contributed by atoms with Crippen molar-refractivity contribution in [3.63, 3.8) is 0 Å². The number of carbonyl (C=O) groups excluding carboxylic acids is 1. The number of esters is 1. The molecule has 0 amide bonds. The van der Waals surface area contributed by atoms with E-state index in [2.05, 4.69) is 0 Å². The highest BCUT2D eigenvalue weighted by Crippen LogP contribution is 2.17. The predicted octanol–water partition coefficient (Wildman–Crippen LogP) is 1.17. The summed E-state index contributed by atoms with van der Waals surface area (Å²) in [5.41, 5.74) is 0.475. The van der Waals surface area contributed by atoms with Crippen LogP contribution < -0.4 is 4.74 Å². The van der Waals surface area contributed by atoms with Gasteiger partial charge in [-0.3, -0.25) is 4.79 Å². The summed E-state index contributed by atoms with van der Waals surface area (Å²) in [6.07, 6.45) is -1.14. The number of nitriles is 1. The van der Waals surface area contributed by atoms with E-state index in [0.29, 0.717) is 11.3 Å². The van der Waals surface area contributed by atoms with Crippen molar-refractivity contribution in [2.45, 2.75) is 13.0 Å². The molecule has 0 unspecified atom stereocenters. The second-order valence-electron chi connectivity index (χ2n) is 2.69. The van der Waals surface area contributed by atoms with Gasteiger partial charge in [0.15, 0.2) is 6.10 Å². The third-order valence-corrected chi connectivity index (χ3v) is 1.58. The summed E-state index contributed by atoms with van der Waals surface area (Å²) in [4.78, 5) is 10.6. The lowest BCUT2D eigenvalue weighted by atomic mass is 10.1. The van der Waals surface area contributed by atoms with E-state index in [9.17, 15) is 4.79 Å². The van der Waals surface area contributed by atoms with Crippen LogP contribution in [0, 0.1) is 11.3 Å². The largest absolute Gasteiger partial charge is 0.427 e. The lowest BCUT2D eigenvalue weighted by Gasteiger charge is -2.03. The average molecular weight is 191 g/mol. The molecule has 0 aliphatic carbocycles. The van der Waals surface area contributed by atoms with Crippen LogP contribution in [0.15, 0.2) is 24.3 Å². The molecule has 1 aromatic rings. The minimum atomic E-state index is -1.14. The topological polar surface area (TPSA) is 70.3 Å². The summed E-state index contributed by atoms with van der Waals surface area (Å²) < 4.78 is 4.78. The van der Waals surface area contributed by atoms with Gasteiger partial charge in [0.1, 0.15) is 5.75 Å². The van der Waals surface area contributed by atoms with Crippen molar-refractivity contribution in [3.8, 4) is 11.8 Å². The first kappa shape index (κ1) is 10.2. The maximum Gasteiger partial charge on any atom is 0.308 e. The first-order valence-electron chi connectivity index (χ1n) is 3.99. The number of aliphatic hydroxyl groups is 1. The molecule has 72 valence electrons. The number of benzene rings is 1. The van der Waals surface area contributed by atoms with Crippen LogP contribution >= 0.6 is 0 Å². The SMILES string of the molecule is CC(=O)Oc1ccc([C@H](O)C#N)cc1. The summed E-state index contributed by atoms with van der Waals surface area (Å²) in [6, 6.07) is 7.81. The Morgan fingerprint density at radius 2 is 2.07 bits per heavy atom. The molecule has 0 bridgehead atoms. The van der Waals surface area contributed by atoms with E-state index in [4.69, 9.17) is 15.1 Å². The van der Waals surface area contributed by atoms with Gasteiger partial charge in [-0.05, 0) is 17.7 Å². The summed E-state index contributed by atoms with van der Waals surface area (Å²) in [5.74, 6) is -0.00929. The predicted molar refractivity (Wildman–Crippen MR) is 48.3 cm³/mol. The number of hydrogen-bond acceptors (Lipinski definition) is 4. The van der Waals surface area contributed by atoms with Gasteiger partial charge in [-0.1, -0.05) is 12.1 Å². The minimum Gasteiger partial charge on any atom is -0.427 e. The molecule has 0 aromatic heterocycles. The van der Waals surface area contributed by atoms with Gasteiger partial charge in [0.05, 0.1) is 6.07 Å². The Bertz CT molecular complexity index is 364. The lowest BCUT2D eigenvalue weighted by molar-refractivity contribution is -0.131. The number of hydrogen-bond donors (Lipinski definition) is 1. The molecule has 0 fully saturated rings. The number of carbonyl (C=O) groups is 1. The molecule has 1 N–H and O–H groups in total. The van der Waals surface area contributed by atoms with Crippen molar-refractivity contribution in [1.82, 2.24) is 0 Å². The molecular weight excluding hydrogens is 182 g/mol. The fourth-order valence-electron chi connectivity index (χ4n) is 0.959. The van der Waals surface area contributed by atoms with Crippen LogP contribution in [0.3, 0.4) is 0 Å². The monoisotopic (exact) mass is 191 g/mol. The standard InChI is InChI=1S/C10H9NO3/c1-7(12)14-9-4-2-8(3-5-9)10(13)6-11/h2-5,10,13H,1H3/t10-/m1/s1. The summed E-state index contributed by atoms with van der Waals surface area (Å²) >= 11 is 0. The molecule has 0 aliphatic heterocycles. The molecule has 0 heterocycles. The lowest BCUT2D eigenvalue weighted by Crippen LogP contribution is -2.01. The smallest absolute Gasteiger partial charge is 0.308 e. The Balaban J connectivity index is 2.79. The second-order valence-corrected chi connectivity index (χ2v) is 2.69. The molecule has 0 spiro atoms. The zero-order valence-electron chi connectivity index (χ0n) is 7.60. The van der Waals surface area contributed by atoms with Crippen LogP contribution in [0.4, 0.5) is 0 Å². The van der Waals surface area contributed by atoms with Crippen LogP contribution in [0.5, 0.6) is 5.75 Å². The highest BCUT2D eigenvalue weighted by atomic mass is 16.5. The van der Waals surface area contributed by atoms with Crippen molar-refractivity contribution in [3.05, 3.63) is 29.8 Å². The van der Waals surface area contributed by atoms with Gasteiger partial charge in [0, 0.05) is 6.92 Å². The molecule has 4 nitrogen and oxygen atoms in total. The quantitative estimate of drug-likeness (QED) is 0.432. The molecular formula is C10H9NO3. The van der Waals surface area contributed by atoms with E-state index in [-0.39, 0.29) is 0 Å². The summed E-state index contributed by atoms with van der Waals surface area (Å²) in [6.45, 7) is 1.30. The zero-order chi connectivity index (χ0) is 10.6. The highest BCUT2D eigenvalue weighted by Gasteiger charge is 2.05. The Hall–Kier alpha value is -1.86. The van der Waals surface area contributed by atoms with Crippen molar-refractivity contribution in [1.29, 1.82) is 5.26 Å². The maximum absolute atomic E-state index is 10.6. The fraction of sp³-hybridized carbons (Fsp3) is 0.200. The molecule has 0 saturated carbocycles. The molecule has 4 heteroatoms. The normalized spacial score (nSPS) is 11.5. The third-order valence-electron chi connectivity index (χ3n) is 1.58. The van der Waals surface area contributed by atoms with Gasteiger partial charge >= 0.3 is 5.97 Å². The number of aliphatic hydroxyl groups excluding tert-OH is 1. The third kappa shape index (κ3) is 2.57. The molecule has 0 radical (unpaired) electrons. The minimum absolute atomic E-state index is 0.395. The second kappa shape index (κ2) is 4.40. The van der Waals surface area contributed by atoms with Crippen molar-refractivity contribution < 1.29 is 14.6 Å². The van der Waals surface area contributed by atoms with E-state index in [0.717, 1.165) is 0 Å². The molecule has 1 atom stereocenters. The first-order chi connectivity index (χ1) is 6.63. The zero-order valence-corrected chi connectivity index (χ0v) is 7.60. The number of rotatable bonds is 2. The van der Waals surface area contributed by atoms with Gasteiger partial charge in [0.25, 0.3) is 0 Å². The van der Waals surface area contributed by atoms with Crippen LogP contribution in [0.2, 0.25) is 0 Å². The van der Waals surface area contributed by atoms with E-state index in [1.807, 2.05) is 0 Å². The van der Waals surface area contributed by atoms with E-state index < -0.39 is 12.1 Å². The van der Waals surface area contributed by atoms with Crippen LogP contribution in [-0.4, -0.2) is 11.1 Å². The van der Waals surface area contributed by atoms with E-state index in [1.54, 1.807) is 6.07 Å². The van der Waals surface area contributed by atoms with Crippen LogP contribution in [-0.2, 0) is 4.79 Å². The Kier molecular flexibility index (Phi) is 3.21. The van der Waals surface area contributed by atoms with Crippen molar-refractivity contribution in [2.24, 2.45) is 0 Å². The Morgan fingerprint density at radius 1 is 1.50 bits per heavy atom. The fourth-order valence-corrected chi connectivity index (χ4v) is 0.959. The Labute approximate surface area is 81.4 Å². The van der Waals surface area contributed by atoms with Gasteiger partial charge in [-0.2, -0.15) is 5.26 Å². The van der Waals surface area contributed by atoms with E-state index >= 15 is 0 Å². The maximum atomic E-state index is 10.6. The average Bonchev–Trinajstić information content (AvgIpc) is 2.17. The van der Waals surface area contributed by atoms with Gasteiger partial charge in [-0.25, -0.2) is 0 Å². The first-order valence-corrected chi connectivity index (χ1v) is 3.99. The number of nitrogens with zero attached hydrogens (tertiary/aromatic N) is 1. The Morgan fingerprint density at radius 3 is 2.50 bits per heavy atom. The summed E-state index contributed by atoms with van der Waals surface area (Å²) in [5, 5.41) is 17.6. The van der Waals surface area contributed by atoms with E-state index in [1.165, 1.54) is 31.2 Å². The highest BCUT2D eigenvalue weighted by molar-refractivity contribution is 5.69. The summed E-state index contributed by atoms with van der Waals surface area (Å²) in [7, 11) is 0. The molecule has 0 aliphatic rings. The van der Waals surface area contributed by atoms with Crippen LogP contribution in [0.1, 0.15) is 18.6 Å². The molecule has 0 saturated heterocycles. The van der Waals surface area contributed by atoms with Crippen molar-refractivity contribution >= 4 is 5.97 Å². The van der Waals surface area contributed by atoms with Crippen LogP contribution in [0.25, 0.3) is 0 Å². The van der Waals surface area contributed by atoms with Gasteiger partial charge in [0.2, 0.25) is 0 Å².